The van der Waals surface area contributed by atoms with Crippen molar-refractivity contribution in [2.45, 2.75) is 19.4 Å². The fraction of sp³-hybridized carbons (Fsp3) is 0.545. The van der Waals surface area contributed by atoms with E-state index in [1.807, 2.05) is 18.5 Å². The first-order valence-corrected chi connectivity index (χ1v) is 5.85. The smallest absolute Gasteiger partial charge is 0.0694 e. The maximum Gasteiger partial charge on any atom is 0.0694 e. The molecule has 1 fully saturated rings. The minimum atomic E-state index is 0.0438. The van der Waals surface area contributed by atoms with Crippen molar-refractivity contribution in [3.63, 3.8) is 0 Å². The summed E-state index contributed by atoms with van der Waals surface area (Å²) in [5.41, 5.74) is 1.24. The highest BCUT2D eigenvalue weighted by molar-refractivity contribution is 9.10. The summed E-state index contributed by atoms with van der Waals surface area (Å²) < 4.78 is 6.55. The molecule has 0 atom stereocenters. The second-order valence-electron chi connectivity index (χ2n) is 4.34. The van der Waals surface area contributed by atoms with Gasteiger partial charge in [0.25, 0.3) is 0 Å². The van der Waals surface area contributed by atoms with Gasteiger partial charge in [-0.25, -0.2) is 0 Å². The second kappa shape index (κ2) is 4.10. The molecule has 2 rings (SSSR count). The number of rotatable bonds is 1. The van der Waals surface area contributed by atoms with Crippen molar-refractivity contribution in [3.8, 4) is 0 Å². The Kier molecular flexibility index (Phi) is 2.98. The van der Waals surface area contributed by atoms with Crippen LogP contribution in [0, 0.1) is 0 Å². The molecular weight excluding hydrogens is 256 g/mol. The molecule has 1 aliphatic rings. The number of anilines is 1. The van der Waals surface area contributed by atoms with Gasteiger partial charge in [-0.1, -0.05) is 0 Å². The highest BCUT2D eigenvalue weighted by atomic mass is 79.9. The van der Waals surface area contributed by atoms with Crippen LogP contribution in [0.4, 0.5) is 5.69 Å². The lowest BCUT2D eigenvalue weighted by molar-refractivity contribution is 0.0643. The molecular formula is C11H15BrN2O. The first-order valence-electron chi connectivity index (χ1n) is 5.06. The van der Waals surface area contributed by atoms with Crippen molar-refractivity contribution in [2.75, 3.05) is 24.7 Å². The maximum absolute atomic E-state index is 5.50. The highest BCUT2D eigenvalue weighted by Gasteiger charge is 2.31. The van der Waals surface area contributed by atoms with Crippen LogP contribution in [-0.4, -0.2) is 30.3 Å². The first kappa shape index (κ1) is 10.9. The molecule has 0 aliphatic carbocycles. The Morgan fingerprint density at radius 3 is 3.00 bits per heavy atom. The summed E-state index contributed by atoms with van der Waals surface area (Å²) in [5, 5.41) is 0. The SMILES string of the molecule is CC1(C)COCCN1c1ccncc1Br. The van der Waals surface area contributed by atoms with E-state index < -0.39 is 0 Å². The molecule has 0 amide bonds. The molecule has 0 aromatic carbocycles. The standard InChI is InChI=1S/C11H15BrN2O/c1-11(2)8-15-6-5-14(11)10-3-4-13-7-9(10)12/h3-4,7H,5-6,8H2,1-2H3. The number of hydrogen-bond donors (Lipinski definition) is 0. The van der Waals surface area contributed by atoms with E-state index in [4.69, 9.17) is 4.74 Å². The third-order valence-corrected chi connectivity index (χ3v) is 3.30. The monoisotopic (exact) mass is 270 g/mol. The Morgan fingerprint density at radius 2 is 2.33 bits per heavy atom. The summed E-state index contributed by atoms with van der Waals surface area (Å²) in [6.07, 6.45) is 3.66. The third kappa shape index (κ3) is 2.16. The number of ether oxygens (including phenoxy) is 1. The summed E-state index contributed by atoms with van der Waals surface area (Å²) in [6, 6.07) is 2.04. The third-order valence-electron chi connectivity index (χ3n) is 2.69. The Hall–Kier alpha value is -0.610. The van der Waals surface area contributed by atoms with Gasteiger partial charge in [0.1, 0.15) is 0 Å². The molecule has 1 saturated heterocycles. The van der Waals surface area contributed by atoms with Crippen molar-refractivity contribution in [1.82, 2.24) is 4.98 Å². The number of pyridine rings is 1. The number of halogens is 1. The molecule has 0 saturated carbocycles. The highest BCUT2D eigenvalue weighted by Crippen LogP contribution is 2.31. The van der Waals surface area contributed by atoms with E-state index in [2.05, 4.69) is 39.7 Å². The topological polar surface area (TPSA) is 25.4 Å². The Bertz CT molecular complexity index is 354. The molecule has 3 nitrogen and oxygen atoms in total. The zero-order chi connectivity index (χ0) is 10.9. The number of aromatic nitrogens is 1. The predicted octanol–water partition coefficient (Wildman–Crippen LogP) is 2.46. The summed E-state index contributed by atoms with van der Waals surface area (Å²) >= 11 is 3.54. The van der Waals surface area contributed by atoms with Crippen LogP contribution in [0.2, 0.25) is 0 Å². The van der Waals surface area contributed by atoms with Gasteiger partial charge in [-0.3, -0.25) is 4.98 Å². The van der Waals surface area contributed by atoms with Crippen LogP contribution in [0.15, 0.2) is 22.9 Å². The Labute approximate surface area is 98.6 Å². The minimum absolute atomic E-state index is 0.0438. The molecule has 1 aliphatic heterocycles. The Balaban J connectivity index is 2.33. The largest absolute Gasteiger partial charge is 0.377 e. The molecule has 82 valence electrons. The van der Waals surface area contributed by atoms with Gasteiger partial charge in [-0.15, -0.1) is 0 Å². The van der Waals surface area contributed by atoms with Crippen LogP contribution in [0.1, 0.15) is 13.8 Å². The van der Waals surface area contributed by atoms with E-state index in [9.17, 15) is 0 Å². The first-order chi connectivity index (χ1) is 7.11. The minimum Gasteiger partial charge on any atom is -0.377 e. The molecule has 4 heteroatoms. The zero-order valence-corrected chi connectivity index (χ0v) is 10.6. The summed E-state index contributed by atoms with van der Waals surface area (Å²) in [7, 11) is 0. The van der Waals surface area contributed by atoms with Crippen molar-refractivity contribution in [1.29, 1.82) is 0 Å². The summed E-state index contributed by atoms with van der Waals surface area (Å²) in [6.45, 7) is 6.87. The molecule has 0 bridgehead atoms. The van der Waals surface area contributed by atoms with Crippen LogP contribution in [0.3, 0.4) is 0 Å². The lowest BCUT2D eigenvalue weighted by Gasteiger charge is -2.44. The van der Waals surface area contributed by atoms with E-state index in [1.54, 1.807) is 0 Å². The van der Waals surface area contributed by atoms with Gasteiger partial charge in [-0.05, 0) is 35.8 Å². The van der Waals surface area contributed by atoms with Crippen LogP contribution < -0.4 is 4.90 Å². The maximum atomic E-state index is 5.50. The van der Waals surface area contributed by atoms with Crippen LogP contribution in [-0.2, 0) is 4.74 Å². The lowest BCUT2D eigenvalue weighted by atomic mass is 10.0. The molecule has 1 aromatic heterocycles. The van der Waals surface area contributed by atoms with Gasteiger partial charge < -0.3 is 9.64 Å². The van der Waals surface area contributed by atoms with Crippen molar-refractivity contribution in [3.05, 3.63) is 22.9 Å². The van der Waals surface area contributed by atoms with Gasteiger partial charge in [0.05, 0.1) is 28.9 Å². The average molecular weight is 271 g/mol. The van der Waals surface area contributed by atoms with Crippen LogP contribution in [0.5, 0.6) is 0 Å². The quantitative estimate of drug-likeness (QED) is 0.784. The van der Waals surface area contributed by atoms with Crippen molar-refractivity contribution >= 4 is 21.6 Å². The van der Waals surface area contributed by atoms with E-state index >= 15 is 0 Å². The molecule has 2 heterocycles. The van der Waals surface area contributed by atoms with Gasteiger partial charge in [-0.2, -0.15) is 0 Å². The summed E-state index contributed by atoms with van der Waals surface area (Å²) in [4.78, 5) is 6.45. The van der Waals surface area contributed by atoms with E-state index in [0.29, 0.717) is 0 Å². The lowest BCUT2D eigenvalue weighted by Crippen LogP contribution is -2.53. The summed E-state index contributed by atoms with van der Waals surface area (Å²) in [5.74, 6) is 0. The van der Waals surface area contributed by atoms with Crippen molar-refractivity contribution < 1.29 is 4.74 Å². The number of hydrogen-bond acceptors (Lipinski definition) is 3. The normalized spacial score (nSPS) is 20.3. The van der Waals surface area contributed by atoms with Crippen molar-refractivity contribution in [2.24, 2.45) is 0 Å². The molecule has 15 heavy (non-hydrogen) atoms. The number of morpholine rings is 1. The molecule has 0 N–H and O–H groups in total. The van der Waals surface area contributed by atoms with Gasteiger partial charge in [0.15, 0.2) is 0 Å². The van der Waals surface area contributed by atoms with Gasteiger partial charge in [0.2, 0.25) is 0 Å². The molecule has 0 unspecified atom stereocenters. The van der Waals surface area contributed by atoms with E-state index in [-0.39, 0.29) is 5.54 Å². The fourth-order valence-corrected chi connectivity index (χ4v) is 2.36. The average Bonchev–Trinajstić information content (AvgIpc) is 2.19. The van der Waals surface area contributed by atoms with Gasteiger partial charge in [0, 0.05) is 18.9 Å². The molecule has 0 radical (unpaired) electrons. The van der Waals surface area contributed by atoms with Gasteiger partial charge >= 0.3 is 0 Å². The van der Waals surface area contributed by atoms with E-state index in [1.165, 1.54) is 5.69 Å². The fourth-order valence-electron chi connectivity index (χ4n) is 1.89. The van der Waals surface area contributed by atoms with E-state index in [0.717, 1.165) is 24.2 Å². The number of nitrogens with zero attached hydrogens (tertiary/aromatic N) is 2. The molecule has 0 spiro atoms. The zero-order valence-electron chi connectivity index (χ0n) is 9.03. The predicted molar refractivity (Wildman–Crippen MR) is 64.2 cm³/mol. The molecule has 1 aromatic rings. The van der Waals surface area contributed by atoms with Crippen LogP contribution >= 0.6 is 15.9 Å². The van der Waals surface area contributed by atoms with Crippen LogP contribution in [0.25, 0.3) is 0 Å². The second-order valence-corrected chi connectivity index (χ2v) is 5.20. The Morgan fingerprint density at radius 1 is 1.53 bits per heavy atom.